The summed E-state index contributed by atoms with van der Waals surface area (Å²) in [5, 5.41) is 0. The summed E-state index contributed by atoms with van der Waals surface area (Å²) in [6, 6.07) is 17.0. The number of hydrogen-bond acceptors (Lipinski definition) is 5. The number of rotatable bonds is 6. The molecule has 3 heterocycles. The highest BCUT2D eigenvalue weighted by Crippen LogP contribution is 2.43. The second kappa shape index (κ2) is 10.6. The van der Waals surface area contributed by atoms with Crippen LogP contribution in [-0.4, -0.2) is 61.7 Å². The lowest BCUT2D eigenvalue weighted by Crippen LogP contribution is -2.42. The van der Waals surface area contributed by atoms with Crippen molar-refractivity contribution in [2.24, 2.45) is 5.41 Å². The van der Waals surface area contributed by atoms with Crippen LogP contribution in [-0.2, 0) is 22.9 Å². The van der Waals surface area contributed by atoms with E-state index >= 15 is 0 Å². The molecule has 1 spiro atoms. The van der Waals surface area contributed by atoms with Gasteiger partial charge in [-0.2, -0.15) is 4.31 Å². The quantitative estimate of drug-likeness (QED) is 0.422. The van der Waals surface area contributed by atoms with Crippen LogP contribution in [0.3, 0.4) is 0 Å². The van der Waals surface area contributed by atoms with Gasteiger partial charge in [0.2, 0.25) is 10.0 Å². The van der Waals surface area contributed by atoms with Gasteiger partial charge in [-0.05, 0) is 91.0 Å². The first-order valence-corrected chi connectivity index (χ1v) is 15.9. The van der Waals surface area contributed by atoms with E-state index in [1.165, 1.54) is 9.99 Å². The van der Waals surface area contributed by atoms with E-state index in [0.29, 0.717) is 16.9 Å². The lowest BCUT2D eigenvalue weighted by molar-refractivity contribution is 0.0764. The predicted octanol–water partition coefficient (Wildman–Crippen LogP) is 5.08. The Hall–Kier alpha value is -3.23. The minimum Gasteiger partial charge on any atom is -0.371 e. The molecule has 2 aliphatic heterocycles. The van der Waals surface area contributed by atoms with Crippen LogP contribution >= 0.6 is 0 Å². The average molecular weight is 559 g/mol. The highest BCUT2D eigenvalue weighted by molar-refractivity contribution is 7.89. The monoisotopic (exact) mass is 558 g/mol. The maximum atomic E-state index is 13.7. The van der Waals surface area contributed by atoms with Crippen molar-refractivity contribution < 1.29 is 13.2 Å². The summed E-state index contributed by atoms with van der Waals surface area (Å²) < 4.78 is 28.8. The topological polar surface area (TPSA) is 73.8 Å². The molecule has 8 heteroatoms. The summed E-state index contributed by atoms with van der Waals surface area (Å²) in [7, 11) is -1.99. The van der Waals surface area contributed by atoms with Gasteiger partial charge < -0.3 is 9.80 Å². The van der Waals surface area contributed by atoms with E-state index in [2.05, 4.69) is 22.0 Å². The van der Waals surface area contributed by atoms with Crippen LogP contribution in [0.2, 0.25) is 0 Å². The van der Waals surface area contributed by atoms with Gasteiger partial charge in [-0.3, -0.25) is 9.78 Å². The Kier molecular flexibility index (Phi) is 7.17. The Morgan fingerprint density at radius 3 is 2.50 bits per heavy atom. The van der Waals surface area contributed by atoms with Gasteiger partial charge in [0, 0.05) is 56.9 Å². The van der Waals surface area contributed by atoms with Crippen molar-refractivity contribution in [1.29, 1.82) is 0 Å². The number of piperidine rings is 1. The third-order valence-corrected chi connectivity index (χ3v) is 11.4. The fourth-order valence-corrected chi connectivity index (χ4v) is 8.61. The number of aryl methyl sites for hydroxylation is 2. The van der Waals surface area contributed by atoms with Gasteiger partial charge >= 0.3 is 0 Å². The Labute approximate surface area is 237 Å². The number of fused-ring (bicyclic) bond motifs is 1. The molecule has 6 rings (SSSR count). The smallest absolute Gasteiger partial charge is 0.253 e. The van der Waals surface area contributed by atoms with E-state index in [1.807, 2.05) is 54.5 Å². The molecule has 40 heavy (non-hydrogen) atoms. The SMILES string of the molecule is CCc1ccccc1S(=O)(=O)N(C)[C@@H]1CCc2ccc(C(=O)N3CCC4(CCN(c5ccncc5)CC4)C3)cc21. The molecule has 0 bridgehead atoms. The maximum Gasteiger partial charge on any atom is 0.253 e. The number of pyridine rings is 1. The van der Waals surface area contributed by atoms with E-state index in [9.17, 15) is 13.2 Å². The van der Waals surface area contributed by atoms with Crippen LogP contribution in [0.5, 0.6) is 0 Å². The first-order chi connectivity index (χ1) is 19.3. The number of nitrogens with zero attached hydrogens (tertiary/aromatic N) is 4. The highest BCUT2D eigenvalue weighted by atomic mass is 32.2. The largest absolute Gasteiger partial charge is 0.371 e. The number of carbonyl (C=O) groups is 1. The molecule has 1 aliphatic carbocycles. The fraction of sp³-hybridized carbons (Fsp3) is 0.438. The van der Waals surface area contributed by atoms with E-state index in [1.54, 1.807) is 19.2 Å². The maximum absolute atomic E-state index is 13.7. The fourth-order valence-electron chi connectivity index (χ4n) is 6.95. The van der Waals surface area contributed by atoms with Crippen LogP contribution in [0.1, 0.15) is 65.7 Å². The Morgan fingerprint density at radius 2 is 1.75 bits per heavy atom. The molecule has 1 aromatic heterocycles. The standard InChI is InChI=1S/C32H38N4O3S/c1-3-24-6-4-5-7-30(24)40(38,39)34(2)29-11-10-25-8-9-26(22-28(25)29)31(37)36-21-16-32(23-36)14-19-35(20-15-32)27-12-17-33-18-13-27/h4-9,12-13,17-18,22,29H,3,10-11,14-16,19-21,23H2,1-2H3/t29-/m1/s1. The number of aromatic nitrogens is 1. The lowest BCUT2D eigenvalue weighted by Gasteiger charge is -2.40. The van der Waals surface area contributed by atoms with Crippen molar-refractivity contribution >= 4 is 21.6 Å². The molecule has 2 aromatic carbocycles. The zero-order valence-corrected chi connectivity index (χ0v) is 24.2. The van der Waals surface area contributed by atoms with Crippen molar-refractivity contribution in [2.75, 3.05) is 38.1 Å². The van der Waals surface area contributed by atoms with E-state index in [-0.39, 0.29) is 17.4 Å². The minimum absolute atomic E-state index is 0.0590. The summed E-state index contributed by atoms with van der Waals surface area (Å²) in [4.78, 5) is 22.7. The number of amides is 1. The number of sulfonamides is 1. The van der Waals surface area contributed by atoms with Crippen molar-refractivity contribution in [3.63, 3.8) is 0 Å². The molecule has 1 amide bonds. The molecule has 3 aliphatic rings. The average Bonchev–Trinajstić information content (AvgIpc) is 3.61. The van der Waals surface area contributed by atoms with Crippen LogP contribution in [0.15, 0.2) is 71.9 Å². The number of likely N-dealkylation sites (tertiary alicyclic amines) is 1. The lowest BCUT2D eigenvalue weighted by atomic mass is 9.77. The molecule has 0 saturated carbocycles. The Bertz CT molecular complexity index is 1500. The van der Waals surface area contributed by atoms with Crippen LogP contribution < -0.4 is 4.90 Å². The number of benzene rings is 2. The van der Waals surface area contributed by atoms with Crippen LogP contribution in [0.25, 0.3) is 0 Å². The summed E-state index contributed by atoms with van der Waals surface area (Å²) in [6.07, 6.45) is 9.06. The molecule has 2 saturated heterocycles. The van der Waals surface area contributed by atoms with Crippen LogP contribution in [0, 0.1) is 5.41 Å². The van der Waals surface area contributed by atoms with Gasteiger partial charge in [0.05, 0.1) is 10.9 Å². The molecular weight excluding hydrogens is 520 g/mol. The van der Waals surface area contributed by atoms with E-state index < -0.39 is 10.0 Å². The first-order valence-electron chi connectivity index (χ1n) is 14.4. The normalized spacial score (nSPS) is 20.3. The van der Waals surface area contributed by atoms with Gasteiger partial charge in [0.1, 0.15) is 0 Å². The molecular formula is C32H38N4O3S. The van der Waals surface area contributed by atoms with E-state index in [0.717, 1.165) is 75.0 Å². The number of hydrogen-bond donors (Lipinski definition) is 0. The van der Waals surface area contributed by atoms with E-state index in [4.69, 9.17) is 0 Å². The molecule has 0 unspecified atom stereocenters. The second-order valence-corrected chi connectivity index (χ2v) is 13.6. The molecule has 0 radical (unpaired) electrons. The molecule has 0 N–H and O–H groups in total. The van der Waals surface area contributed by atoms with Gasteiger partial charge in [-0.15, -0.1) is 0 Å². The summed E-state index contributed by atoms with van der Waals surface area (Å²) in [6.45, 7) is 5.53. The first kappa shape index (κ1) is 27.0. The van der Waals surface area contributed by atoms with Gasteiger partial charge in [0.25, 0.3) is 5.91 Å². The van der Waals surface area contributed by atoms with Crippen molar-refractivity contribution in [2.45, 2.75) is 56.4 Å². The Balaban J connectivity index is 1.17. The zero-order valence-electron chi connectivity index (χ0n) is 23.4. The third-order valence-electron chi connectivity index (χ3n) is 9.47. The minimum atomic E-state index is -3.67. The van der Waals surface area contributed by atoms with Crippen molar-refractivity contribution in [1.82, 2.24) is 14.2 Å². The Morgan fingerprint density at radius 1 is 1.02 bits per heavy atom. The van der Waals surface area contributed by atoms with Crippen LogP contribution in [0.4, 0.5) is 5.69 Å². The highest BCUT2D eigenvalue weighted by Gasteiger charge is 2.42. The van der Waals surface area contributed by atoms with Gasteiger partial charge in [-0.25, -0.2) is 8.42 Å². The van der Waals surface area contributed by atoms with Gasteiger partial charge in [-0.1, -0.05) is 31.2 Å². The molecule has 210 valence electrons. The molecule has 3 aromatic rings. The van der Waals surface area contributed by atoms with Gasteiger partial charge in [0.15, 0.2) is 0 Å². The molecule has 2 fully saturated rings. The zero-order chi connectivity index (χ0) is 27.9. The number of anilines is 1. The third kappa shape index (κ3) is 4.81. The summed E-state index contributed by atoms with van der Waals surface area (Å²) >= 11 is 0. The number of carbonyl (C=O) groups excluding carboxylic acids is 1. The molecule has 7 nitrogen and oxygen atoms in total. The summed E-state index contributed by atoms with van der Waals surface area (Å²) in [5.41, 5.74) is 4.98. The summed E-state index contributed by atoms with van der Waals surface area (Å²) in [5.74, 6) is 0.0590. The molecule has 1 atom stereocenters. The predicted molar refractivity (Wildman–Crippen MR) is 157 cm³/mol. The second-order valence-electron chi connectivity index (χ2n) is 11.6. The van der Waals surface area contributed by atoms with Crippen molar-refractivity contribution in [3.05, 3.63) is 89.2 Å². The van der Waals surface area contributed by atoms with Crippen molar-refractivity contribution in [3.8, 4) is 0 Å².